The molecule has 3 rings (SSSR count). The molecule has 1 N–H and O–H groups in total. The third kappa shape index (κ3) is 2.56. The normalized spacial score (nSPS) is 11.3. The average molecular weight is 284 g/mol. The van der Waals surface area contributed by atoms with Crippen molar-refractivity contribution in [3.63, 3.8) is 0 Å². The van der Waals surface area contributed by atoms with E-state index in [0.29, 0.717) is 0 Å². The van der Waals surface area contributed by atoms with Crippen LogP contribution in [0.4, 0.5) is 0 Å². The van der Waals surface area contributed by atoms with Crippen molar-refractivity contribution in [2.24, 2.45) is 0 Å². The summed E-state index contributed by atoms with van der Waals surface area (Å²) in [5, 5.41) is 1.91. The maximum Gasteiger partial charge on any atom is 0.120 e. The molecule has 0 bridgehead atoms. The van der Waals surface area contributed by atoms with Crippen LogP contribution in [0.2, 0.25) is 5.02 Å². The fourth-order valence-corrected chi connectivity index (χ4v) is 2.33. The second kappa shape index (κ2) is 5.43. The predicted octanol–water partition coefficient (Wildman–Crippen LogP) is 5.00. The number of aromatic nitrogens is 1. The monoisotopic (exact) mass is 283 g/mol. The van der Waals surface area contributed by atoms with Crippen LogP contribution in [-0.4, -0.2) is 12.1 Å². The minimum atomic E-state index is 0.751. The van der Waals surface area contributed by atoms with Gasteiger partial charge in [-0.3, -0.25) is 0 Å². The summed E-state index contributed by atoms with van der Waals surface area (Å²) in [5.41, 5.74) is 3.10. The van der Waals surface area contributed by atoms with E-state index < -0.39 is 0 Å². The van der Waals surface area contributed by atoms with Gasteiger partial charge in [0.15, 0.2) is 0 Å². The highest BCUT2D eigenvalue weighted by Gasteiger charge is 2.00. The number of nitrogens with one attached hydrogen (secondary N) is 1. The van der Waals surface area contributed by atoms with Crippen molar-refractivity contribution in [1.29, 1.82) is 0 Å². The summed E-state index contributed by atoms with van der Waals surface area (Å²) in [5.74, 6) is 0.848. The lowest BCUT2D eigenvalue weighted by atomic mass is 10.2. The smallest absolute Gasteiger partial charge is 0.120 e. The van der Waals surface area contributed by atoms with Crippen molar-refractivity contribution in [2.75, 3.05) is 7.11 Å². The molecule has 0 saturated carbocycles. The summed E-state index contributed by atoms with van der Waals surface area (Å²) < 4.78 is 5.22. The Balaban J connectivity index is 1.93. The van der Waals surface area contributed by atoms with E-state index in [1.807, 2.05) is 54.6 Å². The molecule has 3 aromatic rings. The number of ether oxygens (including phenoxy) is 1. The molecule has 0 amide bonds. The SMILES string of the molecule is COc1ccc2cc(/C=C/c3ccccc3Cl)[nH]c2c1. The molecule has 0 aliphatic carbocycles. The highest BCUT2D eigenvalue weighted by atomic mass is 35.5. The number of halogens is 1. The Kier molecular flexibility index (Phi) is 3.48. The van der Waals surface area contributed by atoms with E-state index in [4.69, 9.17) is 16.3 Å². The molecule has 100 valence electrons. The molecule has 20 heavy (non-hydrogen) atoms. The Morgan fingerprint density at radius 2 is 1.90 bits per heavy atom. The molecule has 2 aromatic carbocycles. The number of methoxy groups -OCH3 is 1. The van der Waals surface area contributed by atoms with Gasteiger partial charge in [-0.25, -0.2) is 0 Å². The van der Waals surface area contributed by atoms with Gasteiger partial charge in [-0.2, -0.15) is 0 Å². The summed E-state index contributed by atoms with van der Waals surface area (Å²) in [6.45, 7) is 0. The first-order valence-corrected chi connectivity index (χ1v) is 6.73. The highest BCUT2D eigenvalue weighted by Crippen LogP contribution is 2.23. The number of aromatic amines is 1. The van der Waals surface area contributed by atoms with Crippen molar-refractivity contribution >= 4 is 34.7 Å². The van der Waals surface area contributed by atoms with E-state index in [-0.39, 0.29) is 0 Å². The Morgan fingerprint density at radius 1 is 1.05 bits per heavy atom. The zero-order valence-corrected chi connectivity index (χ0v) is 11.8. The molecule has 0 unspecified atom stereocenters. The zero-order chi connectivity index (χ0) is 13.9. The summed E-state index contributed by atoms with van der Waals surface area (Å²) >= 11 is 6.13. The Hall–Kier alpha value is -2.19. The molecule has 0 spiro atoms. The van der Waals surface area contributed by atoms with Crippen molar-refractivity contribution < 1.29 is 4.74 Å². The molecule has 0 saturated heterocycles. The van der Waals surface area contributed by atoms with Gasteiger partial charge >= 0.3 is 0 Å². The molecular weight excluding hydrogens is 270 g/mol. The zero-order valence-electron chi connectivity index (χ0n) is 11.1. The summed E-state index contributed by atoms with van der Waals surface area (Å²) in [6.07, 6.45) is 4.03. The van der Waals surface area contributed by atoms with Crippen LogP contribution in [0.1, 0.15) is 11.3 Å². The third-order valence-electron chi connectivity index (χ3n) is 3.20. The van der Waals surface area contributed by atoms with Crippen LogP contribution in [0.3, 0.4) is 0 Å². The first-order valence-electron chi connectivity index (χ1n) is 6.35. The van der Waals surface area contributed by atoms with Crippen molar-refractivity contribution in [1.82, 2.24) is 4.98 Å². The van der Waals surface area contributed by atoms with Crippen LogP contribution in [0.15, 0.2) is 48.5 Å². The van der Waals surface area contributed by atoms with Crippen molar-refractivity contribution in [3.05, 3.63) is 64.8 Å². The van der Waals surface area contributed by atoms with Crippen LogP contribution in [0, 0.1) is 0 Å². The van der Waals surface area contributed by atoms with Gasteiger partial charge in [0.2, 0.25) is 0 Å². The summed E-state index contributed by atoms with van der Waals surface area (Å²) in [6, 6.07) is 15.9. The fourth-order valence-electron chi connectivity index (χ4n) is 2.14. The standard InChI is InChI=1S/C17H14ClNO/c1-20-15-9-7-13-10-14(19-17(13)11-15)8-6-12-4-2-3-5-16(12)18/h2-11,19H,1H3/b8-6+. The van der Waals surface area contributed by atoms with Crippen LogP contribution < -0.4 is 4.74 Å². The molecule has 0 atom stereocenters. The minimum absolute atomic E-state index is 0.751. The summed E-state index contributed by atoms with van der Waals surface area (Å²) in [7, 11) is 1.67. The quantitative estimate of drug-likeness (QED) is 0.719. The van der Waals surface area contributed by atoms with Gasteiger partial charge in [0.25, 0.3) is 0 Å². The molecule has 1 heterocycles. The maximum atomic E-state index is 6.13. The van der Waals surface area contributed by atoms with Crippen molar-refractivity contribution in [2.45, 2.75) is 0 Å². The second-order valence-electron chi connectivity index (χ2n) is 4.53. The lowest BCUT2D eigenvalue weighted by Gasteiger charge is -1.97. The molecule has 0 aliphatic heterocycles. The molecule has 0 aliphatic rings. The average Bonchev–Trinajstić information content (AvgIpc) is 2.88. The van der Waals surface area contributed by atoms with Gasteiger partial charge in [-0.05, 0) is 35.9 Å². The van der Waals surface area contributed by atoms with E-state index in [1.165, 1.54) is 0 Å². The highest BCUT2D eigenvalue weighted by molar-refractivity contribution is 6.32. The van der Waals surface area contributed by atoms with E-state index in [2.05, 4.69) is 11.1 Å². The lowest BCUT2D eigenvalue weighted by molar-refractivity contribution is 0.415. The molecule has 0 fully saturated rings. The van der Waals surface area contributed by atoms with Gasteiger partial charge < -0.3 is 9.72 Å². The molecule has 0 radical (unpaired) electrons. The Morgan fingerprint density at radius 3 is 2.70 bits per heavy atom. The Bertz CT molecular complexity index is 774. The van der Waals surface area contributed by atoms with Crippen LogP contribution in [-0.2, 0) is 0 Å². The second-order valence-corrected chi connectivity index (χ2v) is 4.94. The number of benzene rings is 2. The Labute approximate surface area is 122 Å². The fraction of sp³-hybridized carbons (Fsp3) is 0.0588. The number of rotatable bonds is 3. The van der Waals surface area contributed by atoms with Gasteiger partial charge in [-0.15, -0.1) is 0 Å². The number of fused-ring (bicyclic) bond motifs is 1. The van der Waals surface area contributed by atoms with Crippen molar-refractivity contribution in [3.8, 4) is 5.75 Å². The molecular formula is C17H14ClNO. The summed E-state index contributed by atoms with van der Waals surface area (Å²) in [4.78, 5) is 3.35. The topological polar surface area (TPSA) is 25.0 Å². The molecule has 1 aromatic heterocycles. The van der Waals surface area contributed by atoms with E-state index in [0.717, 1.165) is 32.9 Å². The number of hydrogen-bond donors (Lipinski definition) is 1. The molecule has 2 nitrogen and oxygen atoms in total. The number of H-pyrrole nitrogens is 1. The number of hydrogen-bond acceptors (Lipinski definition) is 1. The predicted molar refractivity (Wildman–Crippen MR) is 85.2 cm³/mol. The van der Waals surface area contributed by atoms with Gasteiger partial charge in [0, 0.05) is 27.7 Å². The lowest BCUT2D eigenvalue weighted by Crippen LogP contribution is -1.80. The van der Waals surface area contributed by atoms with Gasteiger partial charge in [0.1, 0.15) is 5.75 Å². The first kappa shape index (κ1) is 12.8. The molecule has 3 heteroatoms. The van der Waals surface area contributed by atoms with Crippen LogP contribution in [0.5, 0.6) is 5.75 Å². The maximum absolute atomic E-state index is 6.13. The first-order chi connectivity index (χ1) is 9.76. The van der Waals surface area contributed by atoms with E-state index in [1.54, 1.807) is 7.11 Å². The van der Waals surface area contributed by atoms with Gasteiger partial charge in [-0.1, -0.05) is 35.9 Å². The third-order valence-corrected chi connectivity index (χ3v) is 3.54. The van der Waals surface area contributed by atoms with Crippen LogP contribution >= 0.6 is 11.6 Å². The van der Waals surface area contributed by atoms with Gasteiger partial charge in [0.05, 0.1) is 7.11 Å². The minimum Gasteiger partial charge on any atom is -0.497 e. The van der Waals surface area contributed by atoms with E-state index in [9.17, 15) is 0 Å². The van der Waals surface area contributed by atoms with Crippen LogP contribution in [0.25, 0.3) is 23.1 Å². The largest absolute Gasteiger partial charge is 0.497 e. The van der Waals surface area contributed by atoms with E-state index >= 15 is 0 Å².